The highest BCUT2D eigenvalue weighted by atomic mass is 16.3. The van der Waals surface area contributed by atoms with E-state index in [1.54, 1.807) is 0 Å². The fraction of sp³-hybridized carbons (Fsp3) is 0.857. The van der Waals surface area contributed by atoms with Crippen LogP contribution in [0.2, 0.25) is 0 Å². The van der Waals surface area contributed by atoms with Crippen molar-refractivity contribution in [2.24, 2.45) is 34.5 Å². The zero-order valence-electron chi connectivity index (χ0n) is 15.3. The molecule has 4 rings (SSSR count). The summed E-state index contributed by atoms with van der Waals surface area (Å²) in [7, 11) is 0. The van der Waals surface area contributed by atoms with Gasteiger partial charge in [0.1, 0.15) is 0 Å². The molecule has 4 aliphatic rings. The highest BCUT2D eigenvalue weighted by molar-refractivity contribution is 5.91. The van der Waals surface area contributed by atoms with Crippen molar-refractivity contribution in [1.29, 1.82) is 0 Å². The zero-order valence-corrected chi connectivity index (χ0v) is 15.3. The van der Waals surface area contributed by atoms with Gasteiger partial charge in [0.05, 0.1) is 12.2 Å². The molecular weight excluding hydrogens is 300 g/mol. The normalized spacial score (nSPS) is 52.1. The average molecular weight is 332 g/mol. The third-order valence-electron chi connectivity index (χ3n) is 8.55. The Morgan fingerprint density at radius 1 is 1.21 bits per heavy atom. The molecule has 3 heteroatoms. The molecule has 0 aromatic carbocycles. The van der Waals surface area contributed by atoms with Gasteiger partial charge in [-0.05, 0) is 86.0 Å². The Hall–Kier alpha value is -0.670. The summed E-state index contributed by atoms with van der Waals surface area (Å²) in [6.07, 6.45) is 8.04. The largest absolute Gasteiger partial charge is 0.393 e. The van der Waals surface area contributed by atoms with E-state index < -0.39 is 0 Å². The number of rotatable bonds is 1. The first-order valence-electron chi connectivity index (χ1n) is 9.87. The molecule has 2 N–H and O–H groups in total. The van der Waals surface area contributed by atoms with Gasteiger partial charge in [-0.1, -0.05) is 19.4 Å². The van der Waals surface area contributed by atoms with Crippen molar-refractivity contribution in [3.63, 3.8) is 0 Å². The van der Waals surface area contributed by atoms with E-state index in [-0.39, 0.29) is 34.7 Å². The third-order valence-corrected chi connectivity index (χ3v) is 8.55. The molecule has 3 fully saturated rings. The summed E-state index contributed by atoms with van der Waals surface area (Å²) in [4.78, 5) is 11.9. The number of carbonyl (C=O) groups is 1. The summed E-state index contributed by atoms with van der Waals surface area (Å²) in [6, 6.07) is 0. The predicted molar refractivity (Wildman–Crippen MR) is 93.3 cm³/mol. The van der Waals surface area contributed by atoms with Gasteiger partial charge in [-0.2, -0.15) is 0 Å². The molecule has 0 radical (unpaired) electrons. The highest BCUT2D eigenvalue weighted by Crippen LogP contribution is 2.66. The summed E-state index contributed by atoms with van der Waals surface area (Å²) < 4.78 is 0. The maximum Gasteiger partial charge on any atom is 0.155 e. The molecule has 24 heavy (non-hydrogen) atoms. The number of ketones is 1. The van der Waals surface area contributed by atoms with Crippen LogP contribution in [0.3, 0.4) is 0 Å². The van der Waals surface area contributed by atoms with Gasteiger partial charge in [0.2, 0.25) is 0 Å². The van der Waals surface area contributed by atoms with E-state index in [4.69, 9.17) is 0 Å². The number of aliphatic hydroxyl groups excluding tert-OH is 2. The van der Waals surface area contributed by atoms with Crippen LogP contribution < -0.4 is 0 Å². The van der Waals surface area contributed by atoms with Gasteiger partial charge in [-0.15, -0.1) is 0 Å². The first-order valence-corrected chi connectivity index (χ1v) is 9.87. The van der Waals surface area contributed by atoms with Crippen LogP contribution >= 0.6 is 0 Å². The standard InChI is InChI=1S/C21H32O3/c1-12(22)16-6-7-17-15-5-4-13-10-14(23)8-9-20(13,2)19(15)18(24)11-21(16,17)3/h10,12,15-19,22,24H,4-9,11H2,1-3H3/t12-,15+,16-,17+,18+,19-,20+,21-/m1/s1. The van der Waals surface area contributed by atoms with Gasteiger partial charge in [-0.25, -0.2) is 0 Å². The van der Waals surface area contributed by atoms with Gasteiger partial charge >= 0.3 is 0 Å². The molecule has 3 nitrogen and oxygen atoms in total. The smallest absolute Gasteiger partial charge is 0.155 e. The number of allylic oxidation sites excluding steroid dienone is 1. The molecule has 0 aromatic rings. The number of carbonyl (C=O) groups excluding carboxylic acids is 1. The number of hydrogen-bond donors (Lipinski definition) is 2. The molecule has 0 aromatic heterocycles. The van der Waals surface area contributed by atoms with Gasteiger partial charge < -0.3 is 10.2 Å². The predicted octanol–water partition coefficient (Wildman–Crippen LogP) is 3.49. The number of fused-ring (bicyclic) bond motifs is 5. The first kappa shape index (κ1) is 16.8. The summed E-state index contributed by atoms with van der Waals surface area (Å²) in [5.74, 6) is 2.03. The van der Waals surface area contributed by atoms with E-state index in [1.807, 2.05) is 13.0 Å². The molecule has 4 aliphatic carbocycles. The molecular formula is C21H32O3. The van der Waals surface area contributed by atoms with E-state index in [0.29, 0.717) is 24.2 Å². The molecule has 134 valence electrons. The Morgan fingerprint density at radius 2 is 1.96 bits per heavy atom. The lowest BCUT2D eigenvalue weighted by Gasteiger charge is -2.60. The molecule has 0 amide bonds. The topological polar surface area (TPSA) is 57.5 Å². The Morgan fingerprint density at radius 3 is 2.67 bits per heavy atom. The van der Waals surface area contributed by atoms with Crippen LogP contribution in [0.1, 0.15) is 65.7 Å². The summed E-state index contributed by atoms with van der Waals surface area (Å²) >= 11 is 0. The van der Waals surface area contributed by atoms with Crippen molar-refractivity contribution in [3.8, 4) is 0 Å². The molecule has 0 aliphatic heterocycles. The highest BCUT2D eigenvalue weighted by Gasteiger charge is 2.62. The lowest BCUT2D eigenvalue weighted by atomic mass is 9.46. The second-order valence-electron chi connectivity index (χ2n) is 9.59. The minimum Gasteiger partial charge on any atom is -0.393 e. The summed E-state index contributed by atoms with van der Waals surface area (Å²) in [5, 5.41) is 21.5. The molecule has 0 saturated heterocycles. The summed E-state index contributed by atoms with van der Waals surface area (Å²) in [5.41, 5.74) is 1.37. The van der Waals surface area contributed by atoms with E-state index in [2.05, 4.69) is 13.8 Å². The van der Waals surface area contributed by atoms with E-state index in [0.717, 1.165) is 32.1 Å². The van der Waals surface area contributed by atoms with Crippen LogP contribution in [0.4, 0.5) is 0 Å². The van der Waals surface area contributed by atoms with Gasteiger partial charge in [0.25, 0.3) is 0 Å². The van der Waals surface area contributed by atoms with Crippen LogP contribution in [0, 0.1) is 34.5 Å². The summed E-state index contributed by atoms with van der Waals surface area (Å²) in [6.45, 7) is 6.54. The molecule has 3 saturated carbocycles. The van der Waals surface area contributed by atoms with E-state index in [9.17, 15) is 15.0 Å². The third kappa shape index (κ3) is 2.13. The minimum atomic E-state index is -0.308. The van der Waals surface area contributed by atoms with Crippen LogP contribution in [0.25, 0.3) is 0 Å². The molecule has 8 atom stereocenters. The van der Waals surface area contributed by atoms with E-state index >= 15 is 0 Å². The second kappa shape index (κ2) is 5.41. The van der Waals surface area contributed by atoms with Crippen molar-refractivity contribution >= 4 is 5.78 Å². The SMILES string of the molecule is C[C@@H](O)[C@H]1CC[C@H]2[C@@H]3CCC4=CC(=O)CC[C@]4(C)[C@H]3[C@@H](O)C[C@]12C. The minimum absolute atomic E-state index is 0.000487. The quantitative estimate of drug-likeness (QED) is 0.773. The first-order chi connectivity index (χ1) is 11.3. The van der Waals surface area contributed by atoms with E-state index in [1.165, 1.54) is 12.0 Å². The maximum atomic E-state index is 11.9. The van der Waals surface area contributed by atoms with Gasteiger partial charge in [-0.3, -0.25) is 4.79 Å². The number of aliphatic hydroxyl groups is 2. The Labute approximate surface area is 145 Å². The Balaban J connectivity index is 1.71. The lowest BCUT2D eigenvalue weighted by molar-refractivity contribution is -0.140. The zero-order chi connectivity index (χ0) is 17.3. The Kier molecular flexibility index (Phi) is 3.78. The fourth-order valence-electron chi connectivity index (χ4n) is 7.52. The number of hydrogen-bond acceptors (Lipinski definition) is 3. The van der Waals surface area contributed by atoms with Gasteiger partial charge in [0, 0.05) is 6.42 Å². The van der Waals surface area contributed by atoms with Crippen LogP contribution in [0.5, 0.6) is 0 Å². The monoisotopic (exact) mass is 332 g/mol. The van der Waals surface area contributed by atoms with Crippen molar-refractivity contribution in [3.05, 3.63) is 11.6 Å². The van der Waals surface area contributed by atoms with Crippen LogP contribution in [-0.4, -0.2) is 28.2 Å². The van der Waals surface area contributed by atoms with Crippen molar-refractivity contribution in [2.75, 3.05) is 0 Å². The van der Waals surface area contributed by atoms with Crippen LogP contribution in [-0.2, 0) is 4.79 Å². The molecule has 0 heterocycles. The second-order valence-corrected chi connectivity index (χ2v) is 9.59. The Bertz CT molecular complexity index is 580. The lowest BCUT2D eigenvalue weighted by Crippen LogP contribution is -2.57. The van der Waals surface area contributed by atoms with Crippen LogP contribution in [0.15, 0.2) is 11.6 Å². The molecule has 0 spiro atoms. The molecule has 0 unspecified atom stereocenters. The van der Waals surface area contributed by atoms with Crippen molar-refractivity contribution in [2.45, 2.75) is 77.9 Å². The molecule has 0 bridgehead atoms. The van der Waals surface area contributed by atoms with Crippen molar-refractivity contribution in [1.82, 2.24) is 0 Å². The fourth-order valence-corrected chi connectivity index (χ4v) is 7.52. The average Bonchev–Trinajstić information content (AvgIpc) is 2.84. The van der Waals surface area contributed by atoms with Gasteiger partial charge in [0.15, 0.2) is 5.78 Å². The van der Waals surface area contributed by atoms with Crippen molar-refractivity contribution < 1.29 is 15.0 Å². The maximum absolute atomic E-state index is 11.9.